The van der Waals surface area contributed by atoms with Crippen LogP contribution in [0, 0.1) is 0 Å². The third-order valence-electron chi connectivity index (χ3n) is 4.00. The molecule has 0 aromatic heterocycles. The van der Waals surface area contributed by atoms with E-state index in [2.05, 4.69) is 6.58 Å². The van der Waals surface area contributed by atoms with Gasteiger partial charge in [0.25, 0.3) is 0 Å². The Labute approximate surface area is 148 Å². The van der Waals surface area contributed by atoms with Crippen LogP contribution in [0.3, 0.4) is 0 Å². The third kappa shape index (κ3) is 4.52. The minimum atomic E-state index is 0.0374. The summed E-state index contributed by atoms with van der Waals surface area (Å²) in [5, 5.41) is 0. The van der Waals surface area contributed by atoms with Gasteiger partial charge in [0.2, 0.25) is 0 Å². The van der Waals surface area contributed by atoms with Gasteiger partial charge in [-0.2, -0.15) is 0 Å². The summed E-state index contributed by atoms with van der Waals surface area (Å²) in [5.41, 5.74) is 4.67. The van der Waals surface area contributed by atoms with Gasteiger partial charge in [0.05, 0.1) is 13.2 Å². The summed E-state index contributed by atoms with van der Waals surface area (Å²) in [6.45, 7) is 4.82. The molecule has 3 aromatic rings. The number of carbonyl (C=O) groups is 1. The summed E-state index contributed by atoms with van der Waals surface area (Å²) in [6.07, 6.45) is 1.82. The van der Waals surface area contributed by atoms with Crippen LogP contribution in [0.5, 0.6) is 0 Å². The number of hydrogen-bond acceptors (Lipinski definition) is 2. The van der Waals surface area contributed by atoms with Crippen molar-refractivity contribution in [2.45, 2.75) is 13.2 Å². The van der Waals surface area contributed by atoms with Crippen LogP contribution in [0.25, 0.3) is 6.08 Å². The van der Waals surface area contributed by atoms with Crippen molar-refractivity contribution in [1.82, 2.24) is 0 Å². The zero-order valence-corrected chi connectivity index (χ0v) is 14.0. The predicted molar refractivity (Wildman–Crippen MR) is 101 cm³/mol. The number of carbonyl (C=O) groups excluding carboxylic acids is 1. The van der Waals surface area contributed by atoms with Crippen molar-refractivity contribution in [2.75, 3.05) is 0 Å². The molecule has 2 heteroatoms. The second-order valence-electron chi connectivity index (χ2n) is 5.83. The summed E-state index contributed by atoms with van der Waals surface area (Å²) in [7, 11) is 0. The minimum Gasteiger partial charge on any atom is -0.372 e. The van der Waals surface area contributed by atoms with Crippen molar-refractivity contribution in [3.05, 3.63) is 113 Å². The van der Waals surface area contributed by atoms with Crippen molar-refractivity contribution >= 4 is 11.9 Å². The molecule has 0 aliphatic carbocycles. The molecular formula is C23H20O2. The molecule has 0 spiro atoms. The summed E-state index contributed by atoms with van der Waals surface area (Å²) < 4.78 is 5.75. The second-order valence-corrected chi connectivity index (χ2v) is 5.83. The molecule has 3 rings (SSSR count). The monoisotopic (exact) mass is 328 g/mol. The van der Waals surface area contributed by atoms with Gasteiger partial charge in [0, 0.05) is 11.1 Å². The summed E-state index contributed by atoms with van der Waals surface area (Å²) in [6, 6.07) is 25.0. The highest BCUT2D eigenvalue weighted by Crippen LogP contribution is 2.13. The first-order valence-electron chi connectivity index (χ1n) is 8.24. The smallest absolute Gasteiger partial charge is 0.193 e. The van der Waals surface area contributed by atoms with E-state index in [1.165, 1.54) is 0 Å². The lowest BCUT2D eigenvalue weighted by Gasteiger charge is -2.06. The molecule has 2 nitrogen and oxygen atoms in total. The molecule has 0 aliphatic heterocycles. The first-order valence-corrected chi connectivity index (χ1v) is 8.24. The zero-order chi connectivity index (χ0) is 17.5. The lowest BCUT2D eigenvalue weighted by atomic mass is 10.0. The van der Waals surface area contributed by atoms with E-state index in [1.54, 1.807) is 0 Å². The van der Waals surface area contributed by atoms with Crippen molar-refractivity contribution < 1.29 is 9.53 Å². The molecule has 0 N–H and O–H groups in total. The van der Waals surface area contributed by atoms with Crippen molar-refractivity contribution in [3.8, 4) is 0 Å². The predicted octanol–water partition coefficient (Wildman–Crippen LogP) is 5.28. The van der Waals surface area contributed by atoms with Gasteiger partial charge in [-0.3, -0.25) is 4.79 Å². The number of hydrogen-bond donors (Lipinski definition) is 0. The van der Waals surface area contributed by atoms with Gasteiger partial charge in [-0.1, -0.05) is 91.5 Å². The van der Waals surface area contributed by atoms with E-state index in [9.17, 15) is 4.79 Å². The van der Waals surface area contributed by atoms with Gasteiger partial charge in [-0.25, -0.2) is 0 Å². The lowest BCUT2D eigenvalue weighted by Crippen LogP contribution is -2.01. The number of ketones is 1. The third-order valence-corrected chi connectivity index (χ3v) is 4.00. The summed E-state index contributed by atoms with van der Waals surface area (Å²) in [5.74, 6) is 0.0374. The zero-order valence-electron chi connectivity index (χ0n) is 14.0. The fourth-order valence-electron chi connectivity index (χ4n) is 2.55. The fraction of sp³-hybridized carbons (Fsp3) is 0.0870. The Morgan fingerprint density at radius 2 is 1.28 bits per heavy atom. The summed E-state index contributed by atoms with van der Waals surface area (Å²) in [4.78, 5) is 12.4. The molecule has 124 valence electrons. The minimum absolute atomic E-state index is 0.0374. The standard InChI is InChI=1S/C23H20O2/c1-2-18-8-10-19(11-9-18)16-25-17-20-12-14-22(15-13-20)23(24)21-6-4-3-5-7-21/h2-15H,1,16-17H2. The van der Waals surface area contributed by atoms with Gasteiger partial charge in [-0.05, 0) is 16.7 Å². The molecule has 0 saturated carbocycles. The Bertz CT molecular complexity index is 832. The van der Waals surface area contributed by atoms with Gasteiger partial charge >= 0.3 is 0 Å². The molecule has 0 unspecified atom stereocenters. The maximum absolute atomic E-state index is 12.4. The van der Waals surface area contributed by atoms with E-state index in [1.807, 2.05) is 84.9 Å². The lowest BCUT2D eigenvalue weighted by molar-refractivity contribution is 0.103. The SMILES string of the molecule is C=Cc1ccc(COCc2ccc(C(=O)c3ccccc3)cc2)cc1. The van der Waals surface area contributed by atoms with E-state index in [0.717, 1.165) is 16.7 Å². The molecule has 0 aliphatic rings. The molecule has 0 radical (unpaired) electrons. The molecule has 0 atom stereocenters. The van der Waals surface area contributed by atoms with Gasteiger partial charge < -0.3 is 4.74 Å². The van der Waals surface area contributed by atoms with E-state index >= 15 is 0 Å². The first-order chi connectivity index (χ1) is 12.3. The van der Waals surface area contributed by atoms with E-state index in [4.69, 9.17) is 4.74 Å². The fourth-order valence-corrected chi connectivity index (χ4v) is 2.55. The van der Waals surface area contributed by atoms with Crippen LogP contribution in [0.1, 0.15) is 32.6 Å². The largest absolute Gasteiger partial charge is 0.372 e. The maximum atomic E-state index is 12.4. The van der Waals surface area contributed by atoms with Crippen LogP contribution in [0.2, 0.25) is 0 Å². The van der Waals surface area contributed by atoms with E-state index < -0.39 is 0 Å². The molecule has 25 heavy (non-hydrogen) atoms. The summed E-state index contributed by atoms with van der Waals surface area (Å²) >= 11 is 0. The molecular weight excluding hydrogens is 308 g/mol. The molecule has 0 amide bonds. The Morgan fingerprint density at radius 3 is 1.84 bits per heavy atom. The van der Waals surface area contributed by atoms with E-state index in [0.29, 0.717) is 24.3 Å². The Hall–Kier alpha value is -2.97. The Balaban J connectivity index is 1.55. The van der Waals surface area contributed by atoms with Crippen molar-refractivity contribution in [2.24, 2.45) is 0 Å². The van der Waals surface area contributed by atoms with Gasteiger partial charge in [0.1, 0.15) is 0 Å². The highest BCUT2D eigenvalue weighted by molar-refractivity contribution is 6.08. The molecule has 0 heterocycles. The Morgan fingerprint density at radius 1 is 0.760 bits per heavy atom. The average molecular weight is 328 g/mol. The second kappa shape index (κ2) is 8.22. The molecule has 0 bridgehead atoms. The molecule has 3 aromatic carbocycles. The normalized spacial score (nSPS) is 10.4. The Kier molecular flexibility index (Phi) is 5.55. The van der Waals surface area contributed by atoms with Crippen LogP contribution in [0.4, 0.5) is 0 Å². The maximum Gasteiger partial charge on any atom is 0.193 e. The molecule has 0 fully saturated rings. The van der Waals surface area contributed by atoms with Crippen LogP contribution < -0.4 is 0 Å². The van der Waals surface area contributed by atoms with Crippen LogP contribution >= 0.6 is 0 Å². The molecule has 0 saturated heterocycles. The highest BCUT2D eigenvalue weighted by atomic mass is 16.5. The average Bonchev–Trinajstić information content (AvgIpc) is 2.69. The highest BCUT2D eigenvalue weighted by Gasteiger charge is 2.08. The number of benzene rings is 3. The van der Waals surface area contributed by atoms with Crippen molar-refractivity contribution in [3.63, 3.8) is 0 Å². The number of ether oxygens (including phenoxy) is 1. The topological polar surface area (TPSA) is 26.3 Å². The number of rotatable bonds is 7. The first kappa shape index (κ1) is 16.9. The van der Waals surface area contributed by atoms with Crippen molar-refractivity contribution in [1.29, 1.82) is 0 Å². The van der Waals surface area contributed by atoms with Crippen LogP contribution in [-0.2, 0) is 18.0 Å². The van der Waals surface area contributed by atoms with Crippen LogP contribution in [-0.4, -0.2) is 5.78 Å². The van der Waals surface area contributed by atoms with Gasteiger partial charge in [0.15, 0.2) is 5.78 Å². The quantitative estimate of drug-likeness (QED) is 0.552. The van der Waals surface area contributed by atoms with Crippen LogP contribution in [0.15, 0.2) is 85.4 Å². The van der Waals surface area contributed by atoms with E-state index in [-0.39, 0.29) is 5.78 Å². The van der Waals surface area contributed by atoms with Gasteiger partial charge in [-0.15, -0.1) is 0 Å².